The number of Topliss-reactive ketones (excluding diaryl/α,β-unsaturated/α-hetero) is 1. The molecular formula is C17H17NO2. The van der Waals surface area contributed by atoms with Crippen LogP contribution in [0.2, 0.25) is 0 Å². The highest BCUT2D eigenvalue weighted by Crippen LogP contribution is 2.47. The van der Waals surface area contributed by atoms with Crippen molar-refractivity contribution in [2.45, 2.75) is 37.6 Å². The third-order valence-electron chi connectivity index (χ3n) is 4.79. The van der Waals surface area contributed by atoms with Crippen molar-refractivity contribution in [3.05, 3.63) is 46.7 Å². The number of benzene rings is 1. The molecule has 0 unspecified atom stereocenters. The van der Waals surface area contributed by atoms with Crippen LogP contribution in [0.3, 0.4) is 0 Å². The minimum absolute atomic E-state index is 0.00657. The summed E-state index contributed by atoms with van der Waals surface area (Å²) in [5.41, 5.74) is 3.77. The smallest absolute Gasteiger partial charge is 0.228 e. The Hall–Kier alpha value is -1.90. The Balaban J connectivity index is 1.95. The third kappa shape index (κ3) is 1.46. The van der Waals surface area contributed by atoms with Crippen molar-refractivity contribution in [1.29, 1.82) is 0 Å². The number of aliphatic imine (C=N–C) groups is 1. The summed E-state index contributed by atoms with van der Waals surface area (Å²) < 4.78 is 5.43. The molecule has 2 aliphatic carbocycles. The highest BCUT2D eigenvalue weighted by atomic mass is 16.5. The lowest BCUT2D eigenvalue weighted by atomic mass is 9.84. The molecule has 20 heavy (non-hydrogen) atoms. The maximum Gasteiger partial charge on any atom is 0.228 e. The highest BCUT2D eigenvalue weighted by Gasteiger charge is 2.45. The summed E-state index contributed by atoms with van der Waals surface area (Å²) in [4.78, 5) is 17.6. The molecule has 0 N–H and O–H groups in total. The van der Waals surface area contributed by atoms with Crippen LogP contribution >= 0.6 is 0 Å². The van der Waals surface area contributed by atoms with Crippen molar-refractivity contribution in [3.8, 4) is 0 Å². The molecule has 3 aliphatic rings. The van der Waals surface area contributed by atoms with Crippen LogP contribution in [0.4, 0.5) is 0 Å². The van der Waals surface area contributed by atoms with Gasteiger partial charge in [-0.15, -0.1) is 0 Å². The van der Waals surface area contributed by atoms with Crippen molar-refractivity contribution >= 4 is 11.5 Å². The molecule has 1 aromatic carbocycles. The normalized spacial score (nSPS) is 22.9. The van der Waals surface area contributed by atoms with Gasteiger partial charge in [0.05, 0.1) is 18.4 Å². The van der Waals surface area contributed by atoms with Gasteiger partial charge in [-0.05, 0) is 12.8 Å². The number of hydrogen-bond donors (Lipinski definition) is 0. The molecule has 0 saturated heterocycles. The summed E-state index contributed by atoms with van der Waals surface area (Å²) in [6.07, 6.45) is 5.61. The molecule has 1 aromatic rings. The van der Waals surface area contributed by atoms with Gasteiger partial charge < -0.3 is 4.74 Å². The van der Waals surface area contributed by atoms with Gasteiger partial charge in [-0.25, -0.2) is 0 Å². The van der Waals surface area contributed by atoms with Crippen LogP contribution < -0.4 is 0 Å². The number of ether oxygens (including phenoxy) is 1. The molecule has 3 nitrogen and oxygen atoms in total. The van der Waals surface area contributed by atoms with E-state index in [2.05, 4.69) is 0 Å². The van der Waals surface area contributed by atoms with Gasteiger partial charge in [0.15, 0.2) is 5.76 Å². The molecule has 1 fully saturated rings. The van der Waals surface area contributed by atoms with Crippen LogP contribution in [0.25, 0.3) is 0 Å². The zero-order valence-corrected chi connectivity index (χ0v) is 11.6. The van der Waals surface area contributed by atoms with Gasteiger partial charge in [-0.3, -0.25) is 9.79 Å². The first-order valence-electron chi connectivity index (χ1n) is 7.26. The summed E-state index contributed by atoms with van der Waals surface area (Å²) in [5, 5.41) is 0. The van der Waals surface area contributed by atoms with Crippen molar-refractivity contribution < 1.29 is 9.53 Å². The fourth-order valence-electron chi connectivity index (χ4n) is 3.85. The Morgan fingerprint density at radius 2 is 1.85 bits per heavy atom. The van der Waals surface area contributed by atoms with Crippen LogP contribution in [-0.4, -0.2) is 24.1 Å². The van der Waals surface area contributed by atoms with Crippen molar-refractivity contribution in [1.82, 2.24) is 0 Å². The number of nitrogens with zero attached hydrogens (tertiary/aromatic N) is 1. The van der Waals surface area contributed by atoms with E-state index in [4.69, 9.17) is 9.73 Å². The number of hydrogen-bond acceptors (Lipinski definition) is 3. The second kappa shape index (κ2) is 4.05. The first-order valence-corrected chi connectivity index (χ1v) is 7.26. The van der Waals surface area contributed by atoms with Gasteiger partial charge in [0, 0.05) is 23.1 Å². The number of carbonyl (C=O) groups excluding carboxylic acids is 1. The lowest BCUT2D eigenvalue weighted by Gasteiger charge is -2.20. The van der Waals surface area contributed by atoms with Crippen molar-refractivity contribution in [2.75, 3.05) is 7.11 Å². The lowest BCUT2D eigenvalue weighted by Crippen LogP contribution is -2.22. The van der Waals surface area contributed by atoms with Gasteiger partial charge in [0.1, 0.15) is 0 Å². The first-order chi connectivity index (χ1) is 9.74. The lowest BCUT2D eigenvalue weighted by molar-refractivity contribution is 0.0949. The SMILES string of the molecule is COC1=C2CC3(CCCC3)N=C2c2ccccc2C1=O. The Morgan fingerprint density at radius 3 is 2.55 bits per heavy atom. The molecule has 1 saturated carbocycles. The summed E-state index contributed by atoms with van der Waals surface area (Å²) in [6.45, 7) is 0. The Labute approximate surface area is 118 Å². The number of carbonyl (C=O) groups is 1. The van der Waals surface area contributed by atoms with Gasteiger partial charge in [-0.2, -0.15) is 0 Å². The van der Waals surface area contributed by atoms with E-state index < -0.39 is 0 Å². The molecule has 0 aromatic heterocycles. The van der Waals surface area contributed by atoms with E-state index in [1.807, 2.05) is 24.3 Å². The molecular weight excluding hydrogens is 250 g/mol. The molecule has 1 aliphatic heterocycles. The average Bonchev–Trinajstić information content (AvgIpc) is 3.07. The number of allylic oxidation sites excluding steroid dienone is 1. The molecule has 3 heteroatoms. The molecule has 0 amide bonds. The predicted molar refractivity (Wildman–Crippen MR) is 77.2 cm³/mol. The van der Waals surface area contributed by atoms with E-state index in [9.17, 15) is 4.79 Å². The Bertz CT molecular complexity index is 663. The fourth-order valence-corrected chi connectivity index (χ4v) is 3.85. The van der Waals surface area contributed by atoms with Crippen molar-refractivity contribution in [2.24, 2.45) is 4.99 Å². The maximum atomic E-state index is 12.6. The zero-order chi connectivity index (χ0) is 13.7. The topological polar surface area (TPSA) is 38.7 Å². The number of fused-ring (bicyclic) bond motifs is 3. The molecule has 4 rings (SSSR count). The maximum absolute atomic E-state index is 12.6. The summed E-state index contributed by atoms with van der Waals surface area (Å²) >= 11 is 0. The van der Waals surface area contributed by atoms with E-state index in [-0.39, 0.29) is 11.3 Å². The second-order valence-corrected chi connectivity index (χ2v) is 5.96. The highest BCUT2D eigenvalue weighted by molar-refractivity contribution is 6.28. The van der Waals surface area contributed by atoms with Crippen LogP contribution in [0, 0.1) is 0 Å². The van der Waals surface area contributed by atoms with E-state index in [1.165, 1.54) is 12.8 Å². The van der Waals surface area contributed by atoms with Crippen LogP contribution in [0.1, 0.15) is 48.0 Å². The summed E-state index contributed by atoms with van der Waals surface area (Å²) in [6, 6.07) is 7.75. The standard InChI is InChI=1S/C17H17NO2/c1-20-16-13-10-17(8-4-5-9-17)18-14(13)11-6-2-3-7-12(11)15(16)19/h2-3,6-7H,4-5,8-10H2,1H3. The first kappa shape index (κ1) is 11.9. The monoisotopic (exact) mass is 267 g/mol. The number of rotatable bonds is 1. The zero-order valence-electron chi connectivity index (χ0n) is 11.6. The molecule has 1 heterocycles. The van der Waals surface area contributed by atoms with Gasteiger partial charge >= 0.3 is 0 Å². The van der Waals surface area contributed by atoms with E-state index in [1.54, 1.807) is 7.11 Å². The molecule has 0 radical (unpaired) electrons. The number of ketones is 1. The van der Waals surface area contributed by atoms with Crippen LogP contribution in [0.5, 0.6) is 0 Å². The molecule has 0 atom stereocenters. The molecule has 1 spiro atoms. The van der Waals surface area contributed by atoms with E-state index >= 15 is 0 Å². The average molecular weight is 267 g/mol. The fraction of sp³-hybridized carbons (Fsp3) is 0.412. The minimum Gasteiger partial charge on any atom is -0.492 e. The van der Waals surface area contributed by atoms with Crippen LogP contribution in [-0.2, 0) is 4.74 Å². The Kier molecular flexibility index (Phi) is 2.40. The molecule has 0 bridgehead atoms. The van der Waals surface area contributed by atoms with Gasteiger partial charge in [0.25, 0.3) is 0 Å². The van der Waals surface area contributed by atoms with Crippen molar-refractivity contribution in [3.63, 3.8) is 0 Å². The minimum atomic E-state index is 0.00657. The van der Waals surface area contributed by atoms with Crippen LogP contribution in [0.15, 0.2) is 40.6 Å². The Morgan fingerprint density at radius 1 is 1.15 bits per heavy atom. The number of methoxy groups -OCH3 is 1. The molecule has 102 valence electrons. The van der Waals surface area contributed by atoms with Gasteiger partial charge in [0.2, 0.25) is 5.78 Å². The van der Waals surface area contributed by atoms with E-state index in [0.29, 0.717) is 5.76 Å². The quantitative estimate of drug-likeness (QED) is 0.783. The summed E-state index contributed by atoms with van der Waals surface area (Å²) in [5.74, 6) is 0.512. The largest absolute Gasteiger partial charge is 0.492 e. The predicted octanol–water partition coefficient (Wildman–Crippen LogP) is 3.29. The third-order valence-corrected chi connectivity index (χ3v) is 4.79. The second-order valence-electron chi connectivity index (χ2n) is 5.96. The van der Waals surface area contributed by atoms with E-state index in [0.717, 1.165) is 41.7 Å². The van der Waals surface area contributed by atoms with Gasteiger partial charge in [-0.1, -0.05) is 37.1 Å². The summed E-state index contributed by atoms with van der Waals surface area (Å²) in [7, 11) is 1.59.